The van der Waals surface area contributed by atoms with Gasteiger partial charge in [0, 0.05) is 39.4 Å². The van der Waals surface area contributed by atoms with E-state index in [1.807, 2.05) is 18.3 Å². The van der Waals surface area contributed by atoms with Crippen LogP contribution in [0.2, 0.25) is 0 Å². The smallest absolute Gasteiger partial charge is 0.161 e. The first-order valence-corrected chi connectivity index (χ1v) is 17.6. The van der Waals surface area contributed by atoms with E-state index >= 15 is 0 Å². The molecule has 0 aliphatic rings. The van der Waals surface area contributed by atoms with Gasteiger partial charge in [0.15, 0.2) is 5.58 Å². The molecule has 0 saturated carbocycles. The fraction of sp³-hybridized carbons (Fsp3) is 0. The first kappa shape index (κ1) is 29.9. The number of fused-ring (bicyclic) bond motifs is 6. The third-order valence-electron chi connectivity index (χ3n) is 10.1. The minimum atomic E-state index is 0.815. The number of aromatic nitrogens is 1. The number of anilines is 3. The van der Waals surface area contributed by atoms with Gasteiger partial charge in [-0.1, -0.05) is 146 Å². The van der Waals surface area contributed by atoms with E-state index in [9.17, 15) is 0 Å². The highest BCUT2D eigenvalue weighted by molar-refractivity contribution is 6.13. The molecule has 10 aromatic rings. The summed E-state index contributed by atoms with van der Waals surface area (Å²) in [7, 11) is 0. The third kappa shape index (κ3) is 5.10. The van der Waals surface area contributed by atoms with Crippen LogP contribution in [0.1, 0.15) is 0 Å². The Kier molecular flexibility index (Phi) is 7.14. The fourth-order valence-corrected chi connectivity index (χ4v) is 7.58. The van der Waals surface area contributed by atoms with Gasteiger partial charge in [-0.25, -0.2) is 0 Å². The molecule has 52 heavy (non-hydrogen) atoms. The van der Waals surface area contributed by atoms with Crippen LogP contribution in [0.5, 0.6) is 0 Å². The second-order valence-corrected chi connectivity index (χ2v) is 13.2. The topological polar surface area (TPSA) is 29.3 Å². The second-order valence-electron chi connectivity index (χ2n) is 13.2. The Balaban J connectivity index is 1.19. The van der Waals surface area contributed by atoms with Crippen molar-refractivity contribution in [2.75, 3.05) is 4.90 Å². The summed E-state index contributed by atoms with van der Waals surface area (Å²) in [6.45, 7) is 0. The molecule has 0 bridgehead atoms. The van der Waals surface area contributed by atoms with E-state index < -0.39 is 0 Å². The molecule has 0 radical (unpaired) electrons. The van der Waals surface area contributed by atoms with Crippen molar-refractivity contribution in [2.24, 2.45) is 0 Å². The standard InChI is InChI=1S/C49H32N2O/c1-3-12-33(13-4-1)34-22-24-38(25-23-34)51(40-27-29-47-46(31-40)48-49(52-47)42-20-10-8-17-37(42)32-50-48)39-26-28-44(45(30-39)36-14-5-2-6-15-36)43-21-11-18-35-16-7-9-19-41(35)43/h1-32H. The molecule has 244 valence electrons. The lowest BCUT2D eigenvalue weighted by molar-refractivity contribution is 0.672. The Morgan fingerprint density at radius 2 is 1.00 bits per heavy atom. The average Bonchev–Trinajstić information content (AvgIpc) is 3.60. The molecule has 0 aliphatic carbocycles. The van der Waals surface area contributed by atoms with Gasteiger partial charge in [-0.3, -0.25) is 4.98 Å². The molecule has 2 aromatic heterocycles. The Morgan fingerprint density at radius 3 is 1.81 bits per heavy atom. The van der Waals surface area contributed by atoms with Crippen LogP contribution in [0.4, 0.5) is 17.1 Å². The average molecular weight is 665 g/mol. The quantitative estimate of drug-likeness (QED) is 0.177. The van der Waals surface area contributed by atoms with Gasteiger partial charge in [0.1, 0.15) is 11.1 Å². The molecule has 8 aromatic carbocycles. The van der Waals surface area contributed by atoms with Crippen molar-refractivity contribution in [1.82, 2.24) is 4.98 Å². The summed E-state index contributed by atoms with van der Waals surface area (Å²) in [4.78, 5) is 7.24. The van der Waals surface area contributed by atoms with E-state index in [2.05, 4.69) is 181 Å². The van der Waals surface area contributed by atoms with Crippen LogP contribution < -0.4 is 4.90 Å². The predicted molar refractivity (Wildman–Crippen MR) is 218 cm³/mol. The molecular formula is C49H32N2O. The summed E-state index contributed by atoms with van der Waals surface area (Å²) in [5.41, 5.74) is 12.7. The minimum Gasteiger partial charge on any atom is -0.454 e. The summed E-state index contributed by atoms with van der Waals surface area (Å²) >= 11 is 0. The number of benzene rings is 8. The summed E-state index contributed by atoms with van der Waals surface area (Å²) in [6, 6.07) is 66.9. The summed E-state index contributed by atoms with van der Waals surface area (Å²) < 4.78 is 6.47. The maximum absolute atomic E-state index is 6.47. The Morgan fingerprint density at radius 1 is 0.385 bits per heavy atom. The summed E-state index contributed by atoms with van der Waals surface area (Å²) in [6.07, 6.45) is 1.94. The lowest BCUT2D eigenvalue weighted by Gasteiger charge is -2.27. The highest BCUT2D eigenvalue weighted by Gasteiger charge is 2.20. The maximum Gasteiger partial charge on any atom is 0.161 e. The number of pyridine rings is 1. The lowest BCUT2D eigenvalue weighted by Crippen LogP contribution is -2.10. The van der Waals surface area contributed by atoms with Gasteiger partial charge in [-0.05, 0) is 86.6 Å². The molecular weight excluding hydrogens is 633 g/mol. The SMILES string of the molecule is c1ccc(-c2ccc(N(c3ccc(-c4cccc5ccccc45)c(-c4ccccc4)c3)c3ccc4oc5c6ccccc6cnc5c4c3)cc2)cc1. The zero-order chi connectivity index (χ0) is 34.4. The molecule has 0 spiro atoms. The zero-order valence-electron chi connectivity index (χ0n) is 28.3. The van der Waals surface area contributed by atoms with Crippen LogP contribution in [0, 0.1) is 0 Å². The predicted octanol–water partition coefficient (Wildman–Crippen LogP) is 13.8. The van der Waals surface area contributed by atoms with E-state index in [1.165, 1.54) is 44.2 Å². The van der Waals surface area contributed by atoms with Gasteiger partial charge in [0.25, 0.3) is 0 Å². The van der Waals surface area contributed by atoms with Crippen LogP contribution in [0.25, 0.3) is 77.0 Å². The van der Waals surface area contributed by atoms with Gasteiger partial charge < -0.3 is 9.32 Å². The Bertz CT molecular complexity index is 2890. The van der Waals surface area contributed by atoms with Gasteiger partial charge in [0.05, 0.1) is 0 Å². The number of hydrogen-bond donors (Lipinski definition) is 0. The van der Waals surface area contributed by atoms with Crippen LogP contribution in [-0.2, 0) is 0 Å². The van der Waals surface area contributed by atoms with Crippen LogP contribution >= 0.6 is 0 Å². The van der Waals surface area contributed by atoms with Crippen LogP contribution in [0.3, 0.4) is 0 Å². The number of furan rings is 1. The molecule has 0 amide bonds. The fourth-order valence-electron chi connectivity index (χ4n) is 7.58. The molecule has 3 nitrogen and oxygen atoms in total. The van der Waals surface area contributed by atoms with Gasteiger partial charge >= 0.3 is 0 Å². The first-order valence-electron chi connectivity index (χ1n) is 17.6. The van der Waals surface area contributed by atoms with Crippen molar-refractivity contribution in [3.05, 3.63) is 194 Å². The molecule has 0 aliphatic heterocycles. The normalized spacial score (nSPS) is 11.5. The molecule has 0 atom stereocenters. The lowest BCUT2D eigenvalue weighted by atomic mass is 9.90. The van der Waals surface area contributed by atoms with Gasteiger partial charge in [-0.2, -0.15) is 0 Å². The first-order chi connectivity index (χ1) is 25.8. The molecule has 0 N–H and O–H groups in total. The summed E-state index contributed by atoms with van der Waals surface area (Å²) in [5.74, 6) is 0. The van der Waals surface area contributed by atoms with Crippen molar-refractivity contribution in [3.8, 4) is 33.4 Å². The van der Waals surface area contributed by atoms with Gasteiger partial charge in [0.2, 0.25) is 0 Å². The molecule has 2 heterocycles. The van der Waals surface area contributed by atoms with Crippen molar-refractivity contribution >= 4 is 60.7 Å². The van der Waals surface area contributed by atoms with Crippen LogP contribution in [0.15, 0.2) is 199 Å². The molecule has 0 saturated heterocycles. The molecule has 3 heteroatoms. The number of rotatable bonds is 6. The van der Waals surface area contributed by atoms with Gasteiger partial charge in [-0.15, -0.1) is 0 Å². The van der Waals surface area contributed by atoms with E-state index in [0.717, 1.165) is 49.9 Å². The van der Waals surface area contributed by atoms with Crippen molar-refractivity contribution in [2.45, 2.75) is 0 Å². The molecule has 10 rings (SSSR count). The largest absolute Gasteiger partial charge is 0.454 e. The number of hydrogen-bond acceptors (Lipinski definition) is 3. The van der Waals surface area contributed by atoms with Crippen molar-refractivity contribution in [1.29, 1.82) is 0 Å². The zero-order valence-corrected chi connectivity index (χ0v) is 28.3. The van der Waals surface area contributed by atoms with E-state index in [-0.39, 0.29) is 0 Å². The monoisotopic (exact) mass is 664 g/mol. The van der Waals surface area contributed by atoms with E-state index in [0.29, 0.717) is 0 Å². The molecule has 0 fully saturated rings. The summed E-state index contributed by atoms with van der Waals surface area (Å²) in [5, 5.41) is 5.58. The Labute approximate surface area is 301 Å². The third-order valence-corrected chi connectivity index (χ3v) is 10.1. The second kappa shape index (κ2) is 12.4. The van der Waals surface area contributed by atoms with Crippen molar-refractivity contribution in [3.63, 3.8) is 0 Å². The molecule has 0 unspecified atom stereocenters. The maximum atomic E-state index is 6.47. The van der Waals surface area contributed by atoms with E-state index in [4.69, 9.17) is 9.40 Å². The van der Waals surface area contributed by atoms with E-state index in [1.54, 1.807) is 0 Å². The van der Waals surface area contributed by atoms with Crippen molar-refractivity contribution < 1.29 is 4.42 Å². The van der Waals surface area contributed by atoms with Crippen LogP contribution in [-0.4, -0.2) is 4.98 Å². The highest BCUT2D eigenvalue weighted by atomic mass is 16.3. The highest BCUT2D eigenvalue weighted by Crippen LogP contribution is 2.44. The number of nitrogens with zero attached hydrogens (tertiary/aromatic N) is 2. The Hall–Kier alpha value is -6.97. The minimum absolute atomic E-state index is 0.815.